The predicted octanol–water partition coefficient (Wildman–Crippen LogP) is 4.60. The maximum Gasteiger partial charge on any atom is 0.253 e. The number of aromatic nitrogens is 1. The van der Waals surface area contributed by atoms with Crippen LogP contribution < -0.4 is 15.4 Å². The van der Waals surface area contributed by atoms with Crippen molar-refractivity contribution in [3.05, 3.63) is 83.2 Å². The number of benzene rings is 2. The van der Waals surface area contributed by atoms with E-state index in [1.165, 1.54) is 5.56 Å². The van der Waals surface area contributed by atoms with Crippen LogP contribution in [-0.4, -0.2) is 35.9 Å². The Kier molecular flexibility index (Phi) is 6.26. The number of amidine groups is 1. The Balaban J connectivity index is 1.27. The van der Waals surface area contributed by atoms with Crippen molar-refractivity contribution in [3.8, 4) is 11.5 Å². The van der Waals surface area contributed by atoms with E-state index < -0.39 is 6.10 Å². The van der Waals surface area contributed by atoms with E-state index in [1.54, 1.807) is 6.20 Å². The summed E-state index contributed by atoms with van der Waals surface area (Å²) in [5, 5.41) is 6.25. The van der Waals surface area contributed by atoms with Crippen molar-refractivity contribution in [2.45, 2.75) is 45.3 Å². The molecule has 35 heavy (non-hydrogen) atoms. The van der Waals surface area contributed by atoms with E-state index in [1.807, 2.05) is 48.5 Å². The van der Waals surface area contributed by atoms with E-state index in [4.69, 9.17) is 9.47 Å². The SMILES string of the molecule is CC(C)(C)c1cccc(NC(=O)C2Cc3cc(Oc4ccnc(C5=NCCN5)c4)ccc3CO2)c1. The first-order valence-electron chi connectivity index (χ1n) is 11.9. The lowest BCUT2D eigenvalue weighted by Gasteiger charge is -2.25. The molecule has 0 saturated carbocycles. The summed E-state index contributed by atoms with van der Waals surface area (Å²) in [7, 11) is 0. The Morgan fingerprint density at radius 3 is 2.74 bits per heavy atom. The first kappa shape index (κ1) is 23.1. The van der Waals surface area contributed by atoms with E-state index >= 15 is 0 Å². The second-order valence-electron chi connectivity index (χ2n) is 9.89. The van der Waals surface area contributed by atoms with Crippen LogP contribution in [-0.2, 0) is 28.0 Å². The lowest BCUT2D eigenvalue weighted by molar-refractivity contribution is -0.129. The van der Waals surface area contributed by atoms with Crippen LogP contribution >= 0.6 is 0 Å². The van der Waals surface area contributed by atoms with Crippen molar-refractivity contribution in [1.82, 2.24) is 10.3 Å². The normalized spacial score (nSPS) is 17.2. The number of hydrogen-bond acceptors (Lipinski definition) is 6. The van der Waals surface area contributed by atoms with E-state index in [-0.39, 0.29) is 11.3 Å². The highest BCUT2D eigenvalue weighted by atomic mass is 16.5. The van der Waals surface area contributed by atoms with Crippen molar-refractivity contribution in [2.75, 3.05) is 18.4 Å². The standard InChI is InChI=1S/C28H30N4O3/c1-28(2,3)20-5-4-6-21(15-20)32-27(33)25-14-19-13-22(8-7-18(19)17-34-25)35-23-9-10-29-24(16-23)26-30-11-12-31-26/h4-10,13,15-16,25H,11-12,14,17H2,1-3H3,(H,30,31)(H,32,33). The fraction of sp³-hybridized carbons (Fsp3) is 0.321. The summed E-state index contributed by atoms with van der Waals surface area (Å²) in [6, 6.07) is 17.6. The number of anilines is 1. The highest BCUT2D eigenvalue weighted by Crippen LogP contribution is 2.29. The quantitative estimate of drug-likeness (QED) is 0.569. The van der Waals surface area contributed by atoms with E-state index in [2.05, 4.69) is 47.4 Å². The summed E-state index contributed by atoms with van der Waals surface area (Å²) in [6.45, 7) is 8.43. The minimum absolute atomic E-state index is 0.00800. The van der Waals surface area contributed by atoms with Crippen LogP contribution in [0.2, 0.25) is 0 Å². The summed E-state index contributed by atoms with van der Waals surface area (Å²) in [5.41, 5.74) is 4.84. The zero-order valence-corrected chi connectivity index (χ0v) is 20.3. The molecule has 1 aromatic heterocycles. The summed E-state index contributed by atoms with van der Waals surface area (Å²) < 4.78 is 12.0. The van der Waals surface area contributed by atoms with Gasteiger partial charge in [0, 0.05) is 30.9 Å². The molecule has 5 rings (SSSR count). The highest BCUT2D eigenvalue weighted by molar-refractivity contribution is 5.98. The van der Waals surface area contributed by atoms with E-state index in [0.29, 0.717) is 24.5 Å². The Labute approximate surface area is 205 Å². The molecule has 2 aromatic carbocycles. The summed E-state index contributed by atoms with van der Waals surface area (Å²) >= 11 is 0. The van der Waals surface area contributed by atoms with Crippen LogP contribution in [0.3, 0.4) is 0 Å². The number of carbonyl (C=O) groups excluding carboxylic acids is 1. The second-order valence-corrected chi connectivity index (χ2v) is 9.89. The van der Waals surface area contributed by atoms with Crippen molar-refractivity contribution >= 4 is 17.4 Å². The third-order valence-corrected chi connectivity index (χ3v) is 6.20. The molecule has 0 aliphatic carbocycles. The average Bonchev–Trinajstić information content (AvgIpc) is 3.39. The molecule has 0 saturated heterocycles. The molecular formula is C28H30N4O3. The fourth-order valence-corrected chi connectivity index (χ4v) is 4.21. The zero-order valence-electron chi connectivity index (χ0n) is 20.3. The van der Waals surface area contributed by atoms with Gasteiger partial charge in [0.15, 0.2) is 0 Å². The lowest BCUT2D eigenvalue weighted by atomic mass is 9.87. The van der Waals surface area contributed by atoms with Crippen LogP contribution in [0.5, 0.6) is 11.5 Å². The van der Waals surface area contributed by atoms with Crippen LogP contribution in [0.4, 0.5) is 5.69 Å². The maximum absolute atomic E-state index is 13.0. The van der Waals surface area contributed by atoms with Gasteiger partial charge in [0.25, 0.3) is 5.91 Å². The molecule has 0 spiro atoms. The Morgan fingerprint density at radius 2 is 1.94 bits per heavy atom. The largest absolute Gasteiger partial charge is 0.457 e. The first-order chi connectivity index (χ1) is 16.8. The van der Waals surface area contributed by atoms with Crippen LogP contribution in [0.1, 0.15) is 43.2 Å². The average molecular weight is 471 g/mol. The molecule has 2 aliphatic heterocycles. The van der Waals surface area contributed by atoms with Gasteiger partial charge in [0.2, 0.25) is 0 Å². The molecule has 3 heterocycles. The van der Waals surface area contributed by atoms with Gasteiger partial charge in [-0.15, -0.1) is 0 Å². The minimum Gasteiger partial charge on any atom is -0.457 e. The maximum atomic E-state index is 13.0. The van der Waals surface area contributed by atoms with Gasteiger partial charge in [0.05, 0.1) is 13.2 Å². The number of nitrogens with one attached hydrogen (secondary N) is 2. The summed E-state index contributed by atoms with van der Waals surface area (Å²) in [5.74, 6) is 2.05. The number of pyridine rings is 1. The molecule has 0 radical (unpaired) electrons. The molecule has 7 nitrogen and oxygen atoms in total. The zero-order chi connectivity index (χ0) is 24.4. The predicted molar refractivity (Wildman–Crippen MR) is 136 cm³/mol. The van der Waals surface area contributed by atoms with Gasteiger partial charge in [-0.2, -0.15) is 0 Å². The second kappa shape index (κ2) is 9.50. The van der Waals surface area contributed by atoms with Crippen molar-refractivity contribution in [3.63, 3.8) is 0 Å². The van der Waals surface area contributed by atoms with Gasteiger partial charge in [-0.3, -0.25) is 14.8 Å². The van der Waals surface area contributed by atoms with Gasteiger partial charge < -0.3 is 20.1 Å². The number of fused-ring (bicyclic) bond motifs is 1. The molecule has 2 N–H and O–H groups in total. The number of nitrogens with zero attached hydrogens (tertiary/aromatic N) is 2. The number of hydrogen-bond donors (Lipinski definition) is 2. The molecule has 0 fully saturated rings. The van der Waals surface area contributed by atoms with Crippen molar-refractivity contribution < 1.29 is 14.3 Å². The third-order valence-electron chi connectivity index (χ3n) is 6.20. The summed E-state index contributed by atoms with van der Waals surface area (Å²) in [4.78, 5) is 21.8. The number of aliphatic imine (C=N–C) groups is 1. The number of carbonyl (C=O) groups is 1. The molecule has 1 atom stereocenters. The topological polar surface area (TPSA) is 84.8 Å². The van der Waals surface area contributed by atoms with Crippen LogP contribution in [0.25, 0.3) is 0 Å². The third kappa shape index (κ3) is 5.35. The number of amides is 1. The van der Waals surface area contributed by atoms with Crippen molar-refractivity contribution in [1.29, 1.82) is 0 Å². The molecule has 2 aliphatic rings. The highest BCUT2D eigenvalue weighted by Gasteiger charge is 2.26. The molecule has 1 unspecified atom stereocenters. The Bertz CT molecular complexity index is 1280. The number of ether oxygens (including phenoxy) is 2. The smallest absolute Gasteiger partial charge is 0.253 e. The van der Waals surface area contributed by atoms with Crippen LogP contribution in [0.15, 0.2) is 65.8 Å². The van der Waals surface area contributed by atoms with Crippen LogP contribution in [0, 0.1) is 0 Å². The number of rotatable bonds is 5. The van der Waals surface area contributed by atoms with E-state index in [9.17, 15) is 4.79 Å². The lowest BCUT2D eigenvalue weighted by Crippen LogP contribution is -2.35. The molecular weight excluding hydrogens is 440 g/mol. The fourth-order valence-electron chi connectivity index (χ4n) is 4.21. The summed E-state index contributed by atoms with van der Waals surface area (Å²) in [6.07, 6.45) is 1.64. The minimum atomic E-state index is -0.560. The van der Waals surface area contributed by atoms with E-state index in [0.717, 1.165) is 41.4 Å². The molecule has 180 valence electrons. The monoisotopic (exact) mass is 470 g/mol. The molecule has 7 heteroatoms. The molecule has 3 aromatic rings. The van der Waals surface area contributed by atoms with Gasteiger partial charge in [0.1, 0.15) is 29.1 Å². The van der Waals surface area contributed by atoms with Gasteiger partial charge >= 0.3 is 0 Å². The Hall–Kier alpha value is -3.71. The molecule has 1 amide bonds. The van der Waals surface area contributed by atoms with Gasteiger partial charge in [-0.25, -0.2) is 0 Å². The molecule has 0 bridgehead atoms. The first-order valence-corrected chi connectivity index (χ1v) is 11.9. The van der Waals surface area contributed by atoms with Gasteiger partial charge in [-0.05, 0) is 52.4 Å². The Morgan fingerprint density at radius 1 is 1.09 bits per heavy atom. The van der Waals surface area contributed by atoms with Gasteiger partial charge in [-0.1, -0.05) is 39.0 Å². The van der Waals surface area contributed by atoms with Crippen molar-refractivity contribution in [2.24, 2.45) is 4.99 Å².